The SMILES string of the molecule is O=C(Nc1ccccc1OCC(F)(F)F)c1csc(COc2ccc(F)cc2)n1. The van der Waals surface area contributed by atoms with E-state index in [1.54, 1.807) is 6.07 Å². The Balaban J connectivity index is 1.61. The molecule has 29 heavy (non-hydrogen) atoms. The maximum absolute atomic E-state index is 12.9. The maximum atomic E-state index is 12.9. The molecule has 0 saturated heterocycles. The van der Waals surface area contributed by atoms with Gasteiger partial charge in [0.05, 0.1) is 5.69 Å². The number of ether oxygens (including phenoxy) is 2. The van der Waals surface area contributed by atoms with Gasteiger partial charge in [-0.3, -0.25) is 4.79 Å². The average molecular weight is 426 g/mol. The summed E-state index contributed by atoms with van der Waals surface area (Å²) in [6.45, 7) is -1.39. The summed E-state index contributed by atoms with van der Waals surface area (Å²) >= 11 is 1.18. The van der Waals surface area contributed by atoms with Crippen LogP contribution in [0.3, 0.4) is 0 Å². The molecule has 0 aliphatic heterocycles. The minimum Gasteiger partial charge on any atom is -0.486 e. The van der Waals surface area contributed by atoms with Crippen molar-refractivity contribution in [2.75, 3.05) is 11.9 Å². The highest BCUT2D eigenvalue weighted by Crippen LogP contribution is 2.27. The molecule has 3 rings (SSSR count). The van der Waals surface area contributed by atoms with Crippen LogP contribution in [-0.4, -0.2) is 23.7 Å². The quantitative estimate of drug-likeness (QED) is 0.537. The second kappa shape index (κ2) is 8.91. The number of alkyl halides is 3. The fourth-order valence-electron chi connectivity index (χ4n) is 2.20. The molecule has 0 spiro atoms. The van der Waals surface area contributed by atoms with E-state index in [0.717, 1.165) is 0 Å². The Bertz CT molecular complexity index is 974. The molecule has 0 unspecified atom stereocenters. The van der Waals surface area contributed by atoms with Crippen LogP contribution in [0.1, 0.15) is 15.5 Å². The number of anilines is 1. The van der Waals surface area contributed by atoms with Crippen molar-refractivity contribution in [1.29, 1.82) is 0 Å². The van der Waals surface area contributed by atoms with Crippen molar-refractivity contribution in [3.05, 3.63) is 70.4 Å². The smallest absolute Gasteiger partial charge is 0.422 e. The minimum absolute atomic E-state index is 0.0782. The number of nitrogens with zero attached hydrogens (tertiary/aromatic N) is 1. The molecule has 0 aliphatic carbocycles. The lowest BCUT2D eigenvalue weighted by molar-refractivity contribution is -0.153. The number of hydrogen-bond donors (Lipinski definition) is 1. The second-order valence-corrected chi connectivity index (χ2v) is 6.67. The highest BCUT2D eigenvalue weighted by molar-refractivity contribution is 7.09. The Hall–Kier alpha value is -3.14. The Morgan fingerprint density at radius 1 is 1.07 bits per heavy atom. The fourth-order valence-corrected chi connectivity index (χ4v) is 2.88. The molecular formula is C19H14F4N2O3S. The van der Waals surface area contributed by atoms with Crippen molar-refractivity contribution in [3.63, 3.8) is 0 Å². The summed E-state index contributed by atoms with van der Waals surface area (Å²) in [5, 5.41) is 4.49. The number of aromatic nitrogens is 1. The van der Waals surface area contributed by atoms with Crippen molar-refractivity contribution in [2.45, 2.75) is 12.8 Å². The van der Waals surface area contributed by atoms with Crippen molar-refractivity contribution < 1.29 is 31.8 Å². The summed E-state index contributed by atoms with van der Waals surface area (Å²) in [5.41, 5.74) is 0.178. The molecule has 0 aliphatic rings. The zero-order valence-corrected chi connectivity index (χ0v) is 15.5. The predicted molar refractivity (Wildman–Crippen MR) is 98.8 cm³/mol. The van der Waals surface area contributed by atoms with Crippen molar-refractivity contribution >= 4 is 22.9 Å². The van der Waals surface area contributed by atoms with Crippen LogP contribution in [0, 0.1) is 5.82 Å². The zero-order chi connectivity index (χ0) is 20.9. The largest absolute Gasteiger partial charge is 0.486 e. The Morgan fingerprint density at radius 3 is 2.52 bits per heavy atom. The lowest BCUT2D eigenvalue weighted by Gasteiger charge is -2.13. The second-order valence-electron chi connectivity index (χ2n) is 5.72. The molecule has 0 fully saturated rings. The van der Waals surface area contributed by atoms with E-state index in [9.17, 15) is 22.4 Å². The number of amides is 1. The van der Waals surface area contributed by atoms with Gasteiger partial charge in [-0.15, -0.1) is 11.3 Å². The van der Waals surface area contributed by atoms with Gasteiger partial charge >= 0.3 is 6.18 Å². The number of carbonyl (C=O) groups excluding carboxylic acids is 1. The van der Waals surface area contributed by atoms with E-state index in [1.165, 1.54) is 59.2 Å². The molecule has 3 aromatic rings. The number of hydrogen-bond acceptors (Lipinski definition) is 5. The molecule has 0 saturated carbocycles. The lowest BCUT2D eigenvalue weighted by atomic mass is 10.3. The van der Waals surface area contributed by atoms with Gasteiger partial charge < -0.3 is 14.8 Å². The third-order valence-corrected chi connectivity index (χ3v) is 4.31. The zero-order valence-electron chi connectivity index (χ0n) is 14.7. The summed E-state index contributed by atoms with van der Waals surface area (Å²) in [6.07, 6.45) is -4.49. The van der Waals surface area contributed by atoms with Crippen LogP contribution in [-0.2, 0) is 6.61 Å². The van der Waals surface area contributed by atoms with Gasteiger partial charge in [0.1, 0.15) is 34.6 Å². The van der Waals surface area contributed by atoms with Gasteiger partial charge in [-0.25, -0.2) is 9.37 Å². The predicted octanol–water partition coefficient (Wildman–Crippen LogP) is 5.05. The lowest BCUT2D eigenvalue weighted by Crippen LogP contribution is -2.20. The average Bonchev–Trinajstić information content (AvgIpc) is 3.15. The molecule has 0 atom stereocenters. The number of thiazole rings is 1. The molecule has 10 heteroatoms. The number of carbonyl (C=O) groups is 1. The van der Waals surface area contributed by atoms with Crippen LogP contribution in [0.4, 0.5) is 23.2 Å². The van der Waals surface area contributed by atoms with Gasteiger partial charge in [0.2, 0.25) is 0 Å². The molecule has 1 N–H and O–H groups in total. The summed E-state index contributed by atoms with van der Waals surface area (Å²) in [4.78, 5) is 16.5. The van der Waals surface area contributed by atoms with Crippen LogP contribution in [0.5, 0.6) is 11.5 Å². The number of benzene rings is 2. The standard InChI is InChI=1S/C19H14F4N2O3S/c20-12-5-7-13(8-6-12)27-9-17-24-15(10-29-17)18(26)25-14-3-1-2-4-16(14)28-11-19(21,22)23/h1-8,10H,9,11H2,(H,25,26). The normalized spacial score (nSPS) is 11.2. The highest BCUT2D eigenvalue weighted by Gasteiger charge is 2.29. The molecule has 5 nitrogen and oxygen atoms in total. The molecule has 0 radical (unpaired) electrons. The van der Waals surface area contributed by atoms with E-state index in [2.05, 4.69) is 10.3 Å². The first kappa shape index (κ1) is 20.6. The Labute approximate surface area is 166 Å². The number of nitrogens with one attached hydrogen (secondary N) is 1. The van der Waals surface area contributed by atoms with E-state index in [4.69, 9.17) is 9.47 Å². The van der Waals surface area contributed by atoms with Gasteiger partial charge in [0.25, 0.3) is 5.91 Å². The van der Waals surface area contributed by atoms with Crippen molar-refractivity contribution in [3.8, 4) is 11.5 Å². The Morgan fingerprint density at radius 2 is 1.79 bits per heavy atom. The van der Waals surface area contributed by atoms with Gasteiger partial charge in [0, 0.05) is 5.38 Å². The number of halogens is 4. The minimum atomic E-state index is -4.49. The molecule has 0 bridgehead atoms. The van der Waals surface area contributed by atoms with E-state index in [-0.39, 0.29) is 29.6 Å². The van der Waals surface area contributed by atoms with Crippen LogP contribution < -0.4 is 14.8 Å². The summed E-state index contributed by atoms with van der Waals surface area (Å²) in [5.74, 6) is -0.640. The molecule has 1 amide bonds. The Kier molecular flexibility index (Phi) is 6.32. The fraction of sp³-hybridized carbons (Fsp3) is 0.158. The topological polar surface area (TPSA) is 60.5 Å². The van der Waals surface area contributed by atoms with Crippen LogP contribution in [0.15, 0.2) is 53.9 Å². The first-order chi connectivity index (χ1) is 13.8. The number of rotatable bonds is 7. The van der Waals surface area contributed by atoms with E-state index in [1.807, 2.05) is 0 Å². The van der Waals surface area contributed by atoms with E-state index < -0.39 is 18.7 Å². The molecule has 1 aromatic heterocycles. The maximum Gasteiger partial charge on any atom is 0.422 e. The van der Waals surface area contributed by atoms with Crippen LogP contribution >= 0.6 is 11.3 Å². The van der Waals surface area contributed by atoms with E-state index >= 15 is 0 Å². The van der Waals surface area contributed by atoms with Crippen molar-refractivity contribution in [2.24, 2.45) is 0 Å². The number of para-hydroxylation sites is 2. The molecular weight excluding hydrogens is 412 g/mol. The summed E-state index contributed by atoms with van der Waals surface area (Å²) < 4.78 is 60.2. The first-order valence-corrected chi connectivity index (χ1v) is 9.11. The van der Waals surface area contributed by atoms with E-state index in [0.29, 0.717) is 10.8 Å². The summed E-state index contributed by atoms with van der Waals surface area (Å²) in [6, 6.07) is 11.2. The molecule has 2 aromatic carbocycles. The first-order valence-electron chi connectivity index (χ1n) is 8.23. The van der Waals surface area contributed by atoms with Gasteiger partial charge in [0.15, 0.2) is 6.61 Å². The summed E-state index contributed by atoms with van der Waals surface area (Å²) in [7, 11) is 0. The van der Waals surface area contributed by atoms with Gasteiger partial charge in [-0.1, -0.05) is 12.1 Å². The third kappa shape index (κ3) is 6.18. The molecule has 152 valence electrons. The van der Waals surface area contributed by atoms with Gasteiger partial charge in [-0.2, -0.15) is 13.2 Å². The molecule has 1 heterocycles. The van der Waals surface area contributed by atoms with Crippen molar-refractivity contribution in [1.82, 2.24) is 4.98 Å². The highest BCUT2D eigenvalue weighted by atomic mass is 32.1. The van der Waals surface area contributed by atoms with Crippen LogP contribution in [0.25, 0.3) is 0 Å². The third-order valence-electron chi connectivity index (χ3n) is 3.49. The van der Waals surface area contributed by atoms with Crippen LogP contribution in [0.2, 0.25) is 0 Å². The monoisotopic (exact) mass is 426 g/mol. The van der Waals surface area contributed by atoms with Gasteiger partial charge in [-0.05, 0) is 36.4 Å².